The van der Waals surface area contributed by atoms with E-state index in [1.165, 1.54) is 0 Å². The van der Waals surface area contributed by atoms with Gasteiger partial charge in [-0.1, -0.05) is 36.4 Å². The van der Waals surface area contributed by atoms with Gasteiger partial charge in [0.25, 0.3) is 5.91 Å². The van der Waals surface area contributed by atoms with Crippen LogP contribution < -0.4 is 14.8 Å². The van der Waals surface area contributed by atoms with Crippen LogP contribution in [-0.2, 0) is 0 Å². The fourth-order valence-corrected chi connectivity index (χ4v) is 2.64. The van der Waals surface area contributed by atoms with Gasteiger partial charge in [-0.2, -0.15) is 0 Å². The zero-order chi connectivity index (χ0) is 16.9. The molecule has 24 heavy (non-hydrogen) atoms. The first-order valence-electron chi connectivity index (χ1n) is 7.83. The smallest absolute Gasteiger partial charge is 0.256 e. The van der Waals surface area contributed by atoms with Gasteiger partial charge in [-0.15, -0.1) is 0 Å². The number of ether oxygens (including phenoxy) is 2. The lowest BCUT2D eigenvalue weighted by molar-refractivity contribution is 0.102. The zero-order valence-corrected chi connectivity index (χ0v) is 13.7. The average molecular weight is 321 g/mol. The quantitative estimate of drug-likeness (QED) is 0.752. The van der Waals surface area contributed by atoms with Crippen LogP contribution in [0.2, 0.25) is 0 Å². The van der Waals surface area contributed by atoms with E-state index >= 15 is 0 Å². The monoisotopic (exact) mass is 321 g/mol. The van der Waals surface area contributed by atoms with Gasteiger partial charge in [-0.05, 0) is 35.9 Å². The van der Waals surface area contributed by atoms with E-state index in [-0.39, 0.29) is 5.91 Å². The number of hydrogen-bond donors (Lipinski definition) is 1. The van der Waals surface area contributed by atoms with E-state index in [0.717, 1.165) is 10.8 Å². The van der Waals surface area contributed by atoms with Crippen LogP contribution in [0.1, 0.15) is 17.3 Å². The number of benzene rings is 3. The molecule has 0 heterocycles. The van der Waals surface area contributed by atoms with E-state index in [9.17, 15) is 4.79 Å². The lowest BCUT2D eigenvalue weighted by Crippen LogP contribution is -2.12. The second-order valence-electron chi connectivity index (χ2n) is 5.28. The van der Waals surface area contributed by atoms with Crippen molar-refractivity contribution in [1.29, 1.82) is 0 Å². The molecule has 1 amide bonds. The molecule has 0 saturated carbocycles. The normalized spacial score (nSPS) is 10.4. The summed E-state index contributed by atoms with van der Waals surface area (Å²) in [5, 5.41) is 4.88. The summed E-state index contributed by atoms with van der Waals surface area (Å²) < 4.78 is 10.8. The number of nitrogens with one attached hydrogen (secondary N) is 1. The lowest BCUT2D eigenvalue weighted by atomic mass is 10.0. The molecule has 0 unspecified atom stereocenters. The lowest BCUT2D eigenvalue weighted by Gasteiger charge is -2.12. The maximum absolute atomic E-state index is 12.7. The molecular formula is C20H19NO3. The summed E-state index contributed by atoms with van der Waals surface area (Å²) in [5.41, 5.74) is 1.30. The van der Waals surface area contributed by atoms with Gasteiger partial charge in [-0.25, -0.2) is 0 Å². The Morgan fingerprint density at radius 2 is 1.79 bits per heavy atom. The second kappa shape index (κ2) is 7.04. The number of carbonyl (C=O) groups is 1. The van der Waals surface area contributed by atoms with Gasteiger partial charge in [0.2, 0.25) is 0 Å². The van der Waals surface area contributed by atoms with Crippen molar-refractivity contribution in [2.45, 2.75) is 6.92 Å². The molecule has 1 N–H and O–H groups in total. The minimum Gasteiger partial charge on any atom is -0.493 e. The number of carbonyl (C=O) groups excluding carboxylic acids is 1. The molecule has 0 aliphatic carbocycles. The molecule has 3 aromatic rings. The van der Waals surface area contributed by atoms with E-state index in [4.69, 9.17) is 9.47 Å². The molecule has 0 fully saturated rings. The van der Waals surface area contributed by atoms with Gasteiger partial charge in [0.15, 0.2) is 11.5 Å². The average Bonchev–Trinajstić information content (AvgIpc) is 2.62. The number of amides is 1. The Morgan fingerprint density at radius 3 is 2.58 bits per heavy atom. The minimum atomic E-state index is -0.155. The first-order chi connectivity index (χ1) is 11.7. The van der Waals surface area contributed by atoms with Crippen molar-refractivity contribution in [1.82, 2.24) is 0 Å². The fourth-order valence-electron chi connectivity index (χ4n) is 2.64. The maximum Gasteiger partial charge on any atom is 0.256 e. The molecule has 0 saturated heterocycles. The van der Waals surface area contributed by atoms with Crippen molar-refractivity contribution in [2.24, 2.45) is 0 Å². The number of methoxy groups -OCH3 is 1. The second-order valence-corrected chi connectivity index (χ2v) is 5.28. The van der Waals surface area contributed by atoms with Crippen molar-refractivity contribution >= 4 is 22.4 Å². The van der Waals surface area contributed by atoms with Crippen LogP contribution in [0.25, 0.3) is 10.8 Å². The largest absolute Gasteiger partial charge is 0.493 e. The molecule has 0 aliphatic heterocycles. The molecule has 0 spiro atoms. The van der Waals surface area contributed by atoms with Gasteiger partial charge < -0.3 is 14.8 Å². The predicted molar refractivity (Wildman–Crippen MR) is 96.1 cm³/mol. The highest BCUT2D eigenvalue weighted by molar-refractivity contribution is 6.13. The Hall–Kier alpha value is -3.01. The van der Waals surface area contributed by atoms with Crippen molar-refractivity contribution in [3.8, 4) is 11.5 Å². The standard InChI is InChI=1S/C20H19NO3/c1-3-24-18-12-11-15(13-19(18)23-2)21-20(22)17-10-6-8-14-7-4-5-9-16(14)17/h4-13H,3H2,1-2H3,(H,21,22). The number of rotatable bonds is 5. The van der Waals surface area contributed by atoms with Gasteiger partial charge in [0, 0.05) is 17.3 Å². The van der Waals surface area contributed by atoms with Crippen LogP contribution in [0.3, 0.4) is 0 Å². The Labute approximate surface area is 141 Å². The van der Waals surface area contributed by atoms with E-state index in [2.05, 4.69) is 5.32 Å². The van der Waals surface area contributed by atoms with Gasteiger partial charge in [0.05, 0.1) is 13.7 Å². The van der Waals surface area contributed by atoms with Gasteiger partial charge >= 0.3 is 0 Å². The predicted octanol–water partition coefficient (Wildman–Crippen LogP) is 4.50. The molecule has 0 atom stereocenters. The highest BCUT2D eigenvalue weighted by Crippen LogP contribution is 2.30. The molecule has 122 valence electrons. The van der Waals surface area contributed by atoms with Crippen LogP contribution in [0.4, 0.5) is 5.69 Å². The highest BCUT2D eigenvalue weighted by Gasteiger charge is 2.12. The van der Waals surface area contributed by atoms with Gasteiger partial charge in [0.1, 0.15) is 0 Å². The van der Waals surface area contributed by atoms with E-state index in [1.807, 2.05) is 49.4 Å². The van der Waals surface area contributed by atoms with Crippen LogP contribution >= 0.6 is 0 Å². The Bertz CT molecular complexity index is 868. The van der Waals surface area contributed by atoms with Gasteiger partial charge in [-0.3, -0.25) is 4.79 Å². The molecule has 3 rings (SSSR count). The third-order valence-electron chi connectivity index (χ3n) is 3.76. The topological polar surface area (TPSA) is 47.6 Å². The molecule has 0 bridgehead atoms. The fraction of sp³-hybridized carbons (Fsp3) is 0.150. The molecule has 0 radical (unpaired) electrons. The van der Waals surface area contributed by atoms with Crippen LogP contribution in [0, 0.1) is 0 Å². The van der Waals surface area contributed by atoms with E-state index < -0.39 is 0 Å². The summed E-state index contributed by atoms with van der Waals surface area (Å²) in [4.78, 5) is 12.7. The number of fused-ring (bicyclic) bond motifs is 1. The van der Waals surface area contributed by atoms with Crippen molar-refractivity contribution in [3.63, 3.8) is 0 Å². The molecule has 0 aromatic heterocycles. The third-order valence-corrected chi connectivity index (χ3v) is 3.76. The number of anilines is 1. The van der Waals surface area contributed by atoms with E-state index in [1.54, 1.807) is 25.3 Å². The maximum atomic E-state index is 12.7. The number of hydrogen-bond acceptors (Lipinski definition) is 3. The van der Waals surface area contributed by atoms with E-state index in [0.29, 0.717) is 29.4 Å². The SMILES string of the molecule is CCOc1ccc(NC(=O)c2cccc3ccccc23)cc1OC. The van der Waals surface area contributed by atoms with Crippen LogP contribution in [0.5, 0.6) is 11.5 Å². The molecular weight excluding hydrogens is 302 g/mol. The Kier molecular flexibility index (Phi) is 4.66. The van der Waals surface area contributed by atoms with Crippen molar-refractivity contribution in [3.05, 3.63) is 66.2 Å². The first kappa shape index (κ1) is 15.9. The molecule has 4 heteroatoms. The highest BCUT2D eigenvalue weighted by atomic mass is 16.5. The molecule has 4 nitrogen and oxygen atoms in total. The minimum absolute atomic E-state index is 0.155. The third kappa shape index (κ3) is 3.18. The summed E-state index contributed by atoms with van der Waals surface area (Å²) in [6, 6.07) is 18.9. The van der Waals surface area contributed by atoms with Crippen LogP contribution in [-0.4, -0.2) is 19.6 Å². The molecule has 0 aliphatic rings. The molecule has 3 aromatic carbocycles. The zero-order valence-electron chi connectivity index (χ0n) is 13.7. The summed E-state index contributed by atoms with van der Waals surface area (Å²) in [7, 11) is 1.58. The van der Waals surface area contributed by atoms with Crippen molar-refractivity contribution in [2.75, 3.05) is 19.0 Å². The summed E-state index contributed by atoms with van der Waals surface area (Å²) in [5.74, 6) is 1.09. The first-order valence-corrected chi connectivity index (χ1v) is 7.83. The van der Waals surface area contributed by atoms with Crippen LogP contribution in [0.15, 0.2) is 60.7 Å². The summed E-state index contributed by atoms with van der Waals surface area (Å²) in [6.45, 7) is 2.47. The summed E-state index contributed by atoms with van der Waals surface area (Å²) in [6.07, 6.45) is 0. The van der Waals surface area contributed by atoms with Crippen molar-refractivity contribution < 1.29 is 14.3 Å². The summed E-state index contributed by atoms with van der Waals surface area (Å²) >= 11 is 0. The Morgan fingerprint density at radius 1 is 1.00 bits per heavy atom. The Balaban J connectivity index is 1.89.